The molecule has 0 unspecified atom stereocenters. The fourth-order valence-electron chi connectivity index (χ4n) is 1.94. The van der Waals surface area contributed by atoms with Gasteiger partial charge in [-0.05, 0) is 54.8 Å². The summed E-state index contributed by atoms with van der Waals surface area (Å²) in [5.41, 5.74) is 3.25. The number of nitrogens with one attached hydrogen (secondary N) is 1. The van der Waals surface area contributed by atoms with E-state index < -0.39 is 0 Å². The normalized spacial score (nSPS) is 10.7. The highest BCUT2D eigenvalue weighted by atomic mass is 35.5. The minimum atomic E-state index is -0.181. The molecule has 19 heavy (non-hydrogen) atoms. The molecule has 0 aliphatic carbocycles. The molecule has 100 valence electrons. The van der Waals surface area contributed by atoms with Gasteiger partial charge in [0.05, 0.1) is 0 Å². The predicted octanol–water partition coefficient (Wildman–Crippen LogP) is 4.12. The van der Waals surface area contributed by atoms with Gasteiger partial charge in [0.15, 0.2) is 0 Å². The fraction of sp³-hybridized carbons (Fsp3) is 0.250. The van der Waals surface area contributed by atoms with Gasteiger partial charge in [0, 0.05) is 11.6 Å². The van der Waals surface area contributed by atoms with Crippen molar-refractivity contribution in [1.29, 1.82) is 0 Å². The van der Waals surface area contributed by atoms with Gasteiger partial charge >= 0.3 is 0 Å². The maximum atomic E-state index is 13.0. The average molecular weight is 278 g/mol. The maximum absolute atomic E-state index is 13.0. The van der Waals surface area contributed by atoms with E-state index in [0.29, 0.717) is 0 Å². The Morgan fingerprint density at radius 1 is 1.16 bits per heavy atom. The summed E-state index contributed by atoms with van der Waals surface area (Å²) in [5, 5.41) is 4.11. The largest absolute Gasteiger partial charge is 0.312 e. The molecule has 0 spiro atoms. The highest BCUT2D eigenvalue weighted by Gasteiger charge is 2.00. The summed E-state index contributed by atoms with van der Waals surface area (Å²) in [5.74, 6) is -0.181. The zero-order valence-corrected chi connectivity index (χ0v) is 11.7. The third kappa shape index (κ3) is 4.34. The third-order valence-electron chi connectivity index (χ3n) is 3.00. The quantitative estimate of drug-likeness (QED) is 0.811. The highest BCUT2D eigenvalue weighted by Crippen LogP contribution is 2.17. The molecule has 0 saturated carbocycles. The molecule has 0 amide bonds. The van der Waals surface area contributed by atoms with E-state index in [-0.39, 0.29) is 5.82 Å². The smallest absolute Gasteiger partial charge is 0.123 e. The summed E-state index contributed by atoms with van der Waals surface area (Å²) in [7, 11) is 0. The summed E-state index contributed by atoms with van der Waals surface area (Å²) >= 11 is 6.16. The molecule has 0 aliphatic rings. The molecule has 0 saturated heterocycles. The summed E-state index contributed by atoms with van der Waals surface area (Å²) in [6, 6.07) is 12.8. The van der Waals surface area contributed by atoms with E-state index in [1.165, 1.54) is 6.07 Å². The van der Waals surface area contributed by atoms with Gasteiger partial charge in [-0.1, -0.05) is 35.9 Å². The molecule has 0 fully saturated rings. The van der Waals surface area contributed by atoms with E-state index in [1.54, 1.807) is 12.1 Å². The van der Waals surface area contributed by atoms with Crippen LogP contribution in [0.2, 0.25) is 5.02 Å². The number of aryl methyl sites for hydroxylation is 1. The molecule has 2 aromatic rings. The number of benzene rings is 2. The standard InChI is InChI=1S/C16H17ClFN/c1-12-5-6-14(16(17)9-12)11-19-8-7-13-3-2-4-15(18)10-13/h2-6,9-10,19H,7-8,11H2,1H3. The van der Waals surface area contributed by atoms with E-state index in [4.69, 9.17) is 11.6 Å². The highest BCUT2D eigenvalue weighted by molar-refractivity contribution is 6.31. The van der Waals surface area contributed by atoms with Crippen molar-refractivity contribution in [2.45, 2.75) is 19.9 Å². The first-order chi connectivity index (χ1) is 9.15. The Morgan fingerprint density at radius 3 is 2.74 bits per heavy atom. The van der Waals surface area contributed by atoms with Crippen molar-refractivity contribution in [2.24, 2.45) is 0 Å². The first kappa shape index (κ1) is 14.0. The van der Waals surface area contributed by atoms with Crippen LogP contribution in [0.15, 0.2) is 42.5 Å². The third-order valence-corrected chi connectivity index (χ3v) is 3.36. The van der Waals surface area contributed by atoms with E-state index in [1.807, 2.05) is 25.1 Å². The Labute approximate surface area is 118 Å². The molecule has 2 aromatic carbocycles. The van der Waals surface area contributed by atoms with Gasteiger partial charge in [0.1, 0.15) is 5.82 Å². The van der Waals surface area contributed by atoms with E-state index in [2.05, 4.69) is 11.4 Å². The minimum absolute atomic E-state index is 0.181. The van der Waals surface area contributed by atoms with Crippen molar-refractivity contribution < 1.29 is 4.39 Å². The van der Waals surface area contributed by atoms with Gasteiger partial charge in [-0.15, -0.1) is 0 Å². The van der Waals surface area contributed by atoms with Crippen LogP contribution < -0.4 is 5.32 Å². The van der Waals surface area contributed by atoms with Crippen molar-refractivity contribution in [3.8, 4) is 0 Å². The Hall–Kier alpha value is -1.38. The molecular formula is C16H17ClFN. The van der Waals surface area contributed by atoms with Gasteiger partial charge < -0.3 is 5.32 Å². The van der Waals surface area contributed by atoms with Crippen LogP contribution in [-0.2, 0) is 13.0 Å². The van der Waals surface area contributed by atoms with Crippen LogP contribution in [0, 0.1) is 12.7 Å². The molecule has 0 heterocycles. The van der Waals surface area contributed by atoms with Gasteiger partial charge in [-0.3, -0.25) is 0 Å². The Balaban J connectivity index is 1.81. The topological polar surface area (TPSA) is 12.0 Å². The van der Waals surface area contributed by atoms with Gasteiger partial charge in [0.25, 0.3) is 0 Å². The van der Waals surface area contributed by atoms with E-state index >= 15 is 0 Å². The molecule has 3 heteroatoms. The predicted molar refractivity (Wildman–Crippen MR) is 78.0 cm³/mol. The SMILES string of the molecule is Cc1ccc(CNCCc2cccc(F)c2)c(Cl)c1. The van der Waals surface area contributed by atoms with Gasteiger partial charge in [-0.25, -0.2) is 4.39 Å². The second-order valence-electron chi connectivity index (χ2n) is 4.65. The van der Waals surface area contributed by atoms with Crippen LogP contribution in [0.5, 0.6) is 0 Å². The summed E-state index contributed by atoms with van der Waals surface area (Å²) < 4.78 is 13.0. The monoisotopic (exact) mass is 277 g/mol. The second-order valence-corrected chi connectivity index (χ2v) is 5.06. The van der Waals surface area contributed by atoms with E-state index in [0.717, 1.165) is 41.2 Å². The number of hydrogen-bond acceptors (Lipinski definition) is 1. The fourth-order valence-corrected chi connectivity index (χ4v) is 2.25. The minimum Gasteiger partial charge on any atom is -0.312 e. The lowest BCUT2D eigenvalue weighted by Gasteiger charge is -2.07. The molecule has 2 rings (SSSR count). The van der Waals surface area contributed by atoms with Crippen LogP contribution in [0.25, 0.3) is 0 Å². The van der Waals surface area contributed by atoms with Crippen LogP contribution in [0.1, 0.15) is 16.7 Å². The lowest BCUT2D eigenvalue weighted by Crippen LogP contribution is -2.17. The molecule has 0 aromatic heterocycles. The van der Waals surface area contributed by atoms with Crippen LogP contribution in [-0.4, -0.2) is 6.54 Å². The number of halogens is 2. The Morgan fingerprint density at radius 2 is 2.00 bits per heavy atom. The Kier molecular flexibility index (Phi) is 4.94. The molecule has 0 bridgehead atoms. The number of hydrogen-bond donors (Lipinski definition) is 1. The molecule has 0 atom stereocenters. The van der Waals surface area contributed by atoms with Crippen molar-refractivity contribution in [3.63, 3.8) is 0 Å². The van der Waals surface area contributed by atoms with Crippen molar-refractivity contribution in [1.82, 2.24) is 5.32 Å². The second kappa shape index (κ2) is 6.69. The van der Waals surface area contributed by atoms with Gasteiger partial charge in [0.2, 0.25) is 0 Å². The van der Waals surface area contributed by atoms with Crippen molar-refractivity contribution in [3.05, 3.63) is 70.0 Å². The maximum Gasteiger partial charge on any atom is 0.123 e. The van der Waals surface area contributed by atoms with Crippen LogP contribution in [0.4, 0.5) is 4.39 Å². The summed E-state index contributed by atoms with van der Waals surface area (Å²) in [4.78, 5) is 0. The molecular weight excluding hydrogens is 261 g/mol. The average Bonchev–Trinajstić information content (AvgIpc) is 2.37. The van der Waals surface area contributed by atoms with E-state index in [9.17, 15) is 4.39 Å². The zero-order valence-electron chi connectivity index (χ0n) is 10.9. The van der Waals surface area contributed by atoms with Crippen molar-refractivity contribution in [2.75, 3.05) is 6.54 Å². The van der Waals surface area contributed by atoms with Crippen LogP contribution >= 0.6 is 11.6 Å². The first-order valence-electron chi connectivity index (χ1n) is 6.35. The van der Waals surface area contributed by atoms with Gasteiger partial charge in [-0.2, -0.15) is 0 Å². The summed E-state index contributed by atoms with van der Waals surface area (Å²) in [6.07, 6.45) is 0.807. The molecule has 0 aliphatic heterocycles. The summed E-state index contributed by atoms with van der Waals surface area (Å²) in [6.45, 7) is 3.55. The lowest BCUT2D eigenvalue weighted by atomic mass is 10.1. The first-order valence-corrected chi connectivity index (χ1v) is 6.73. The molecule has 0 radical (unpaired) electrons. The lowest BCUT2D eigenvalue weighted by molar-refractivity contribution is 0.622. The molecule has 1 N–H and O–H groups in total. The zero-order chi connectivity index (χ0) is 13.7. The van der Waals surface area contributed by atoms with Crippen LogP contribution in [0.3, 0.4) is 0 Å². The van der Waals surface area contributed by atoms with Crippen molar-refractivity contribution >= 4 is 11.6 Å². The molecule has 1 nitrogen and oxygen atoms in total. The Bertz CT molecular complexity index is 554. The number of rotatable bonds is 5.